The van der Waals surface area contributed by atoms with Crippen LogP contribution in [0.2, 0.25) is 0 Å². The number of amides is 2. The Balaban J connectivity index is 1.86. The molecule has 4 atom stereocenters. The van der Waals surface area contributed by atoms with Crippen LogP contribution in [0.1, 0.15) is 25.5 Å². The zero-order valence-corrected chi connectivity index (χ0v) is 19.8. The number of anilines is 1. The molecule has 2 saturated heterocycles. The highest BCUT2D eigenvalue weighted by atomic mass is 16.5. The summed E-state index contributed by atoms with van der Waals surface area (Å²) in [6, 6.07) is 11.2. The molecule has 2 aliphatic rings. The summed E-state index contributed by atoms with van der Waals surface area (Å²) in [5.41, 5.74) is -0.440. The van der Waals surface area contributed by atoms with E-state index in [0.717, 1.165) is 4.90 Å². The molecule has 0 aromatic heterocycles. The summed E-state index contributed by atoms with van der Waals surface area (Å²) in [5, 5.41) is 3.25. The fourth-order valence-electron chi connectivity index (χ4n) is 4.96. The first kappa shape index (κ1) is 23.6. The smallest absolute Gasteiger partial charge is 0.326 e. The van der Waals surface area contributed by atoms with Crippen molar-refractivity contribution in [3.8, 4) is 17.2 Å². The number of benzene rings is 2. The van der Waals surface area contributed by atoms with E-state index in [0.29, 0.717) is 28.5 Å². The SMILES string of the molecule is CCOC(=O)[C@]1(C)N[C@H](c2cc(OC)ccc2OC)[C@H]2C(=O)N(c3cccc(OC)c3)C(=O)[C@H]21. The lowest BCUT2D eigenvalue weighted by Gasteiger charge is -2.29. The van der Waals surface area contributed by atoms with Gasteiger partial charge in [-0.05, 0) is 44.2 Å². The first-order chi connectivity index (χ1) is 16.3. The number of nitrogens with zero attached hydrogens (tertiary/aromatic N) is 1. The number of fused-ring (bicyclic) bond motifs is 1. The molecule has 0 radical (unpaired) electrons. The summed E-state index contributed by atoms with van der Waals surface area (Å²) in [7, 11) is 4.56. The monoisotopic (exact) mass is 468 g/mol. The first-order valence-electron chi connectivity index (χ1n) is 11.0. The third-order valence-electron chi connectivity index (χ3n) is 6.57. The molecule has 0 saturated carbocycles. The van der Waals surface area contributed by atoms with Gasteiger partial charge in [-0.3, -0.25) is 19.7 Å². The van der Waals surface area contributed by atoms with Crippen molar-refractivity contribution in [2.75, 3.05) is 32.8 Å². The van der Waals surface area contributed by atoms with Crippen LogP contribution in [0.4, 0.5) is 5.69 Å². The van der Waals surface area contributed by atoms with Gasteiger partial charge in [0.15, 0.2) is 0 Å². The van der Waals surface area contributed by atoms with Crippen LogP contribution in [0.3, 0.4) is 0 Å². The number of rotatable bonds is 7. The molecule has 2 fully saturated rings. The van der Waals surface area contributed by atoms with Gasteiger partial charge in [-0.25, -0.2) is 4.90 Å². The van der Waals surface area contributed by atoms with Crippen LogP contribution in [0, 0.1) is 11.8 Å². The van der Waals surface area contributed by atoms with Gasteiger partial charge in [0, 0.05) is 17.7 Å². The molecule has 9 heteroatoms. The van der Waals surface area contributed by atoms with Crippen molar-refractivity contribution in [1.29, 1.82) is 0 Å². The molecule has 4 rings (SSSR count). The number of methoxy groups -OCH3 is 3. The zero-order chi connectivity index (χ0) is 24.6. The van der Waals surface area contributed by atoms with E-state index in [1.54, 1.807) is 56.3 Å². The van der Waals surface area contributed by atoms with Crippen LogP contribution in [-0.2, 0) is 19.1 Å². The minimum atomic E-state index is -1.43. The average molecular weight is 469 g/mol. The number of esters is 1. The Hall–Kier alpha value is -3.59. The normalized spacial score (nSPS) is 25.8. The molecule has 2 heterocycles. The van der Waals surface area contributed by atoms with Gasteiger partial charge in [-0.15, -0.1) is 0 Å². The van der Waals surface area contributed by atoms with Crippen molar-refractivity contribution in [3.63, 3.8) is 0 Å². The summed E-state index contributed by atoms with van der Waals surface area (Å²) >= 11 is 0. The quantitative estimate of drug-likeness (QED) is 0.488. The van der Waals surface area contributed by atoms with Crippen molar-refractivity contribution in [3.05, 3.63) is 48.0 Å². The molecule has 2 aromatic carbocycles. The number of imide groups is 1. The van der Waals surface area contributed by atoms with Crippen LogP contribution in [0.15, 0.2) is 42.5 Å². The Morgan fingerprint density at radius 3 is 2.35 bits per heavy atom. The average Bonchev–Trinajstić information content (AvgIpc) is 3.31. The van der Waals surface area contributed by atoms with E-state index in [9.17, 15) is 14.4 Å². The number of carbonyl (C=O) groups is 3. The minimum Gasteiger partial charge on any atom is -0.497 e. The van der Waals surface area contributed by atoms with Crippen molar-refractivity contribution >= 4 is 23.5 Å². The van der Waals surface area contributed by atoms with Crippen LogP contribution < -0.4 is 24.4 Å². The number of hydrogen-bond donors (Lipinski definition) is 1. The Labute approximate surface area is 197 Å². The standard InChI is InChI=1S/C25H28N2O7/c1-6-34-24(30)25(2)20-19(21(26-25)17-13-16(32-4)10-11-18(17)33-5)22(28)27(23(20)29)14-8-7-9-15(12-14)31-3/h7-13,19-21,26H,6H2,1-5H3/t19-,20-,21+,25+/m0/s1. The molecular formula is C25H28N2O7. The molecule has 2 amide bonds. The molecule has 0 unspecified atom stereocenters. The number of ether oxygens (including phenoxy) is 4. The second-order valence-electron chi connectivity index (χ2n) is 8.37. The summed E-state index contributed by atoms with van der Waals surface area (Å²) in [6.45, 7) is 3.44. The van der Waals surface area contributed by atoms with E-state index in [1.807, 2.05) is 0 Å². The maximum Gasteiger partial charge on any atom is 0.326 e. The van der Waals surface area contributed by atoms with Gasteiger partial charge in [0.25, 0.3) is 0 Å². The maximum absolute atomic E-state index is 13.8. The van der Waals surface area contributed by atoms with Gasteiger partial charge in [-0.2, -0.15) is 0 Å². The topological polar surface area (TPSA) is 103 Å². The van der Waals surface area contributed by atoms with Crippen LogP contribution in [0.25, 0.3) is 0 Å². The lowest BCUT2D eigenvalue weighted by Crippen LogP contribution is -2.54. The molecule has 0 aliphatic carbocycles. The zero-order valence-electron chi connectivity index (χ0n) is 19.8. The van der Waals surface area contributed by atoms with Gasteiger partial charge < -0.3 is 18.9 Å². The molecule has 0 bridgehead atoms. The third kappa shape index (κ3) is 3.56. The second-order valence-corrected chi connectivity index (χ2v) is 8.37. The Bertz CT molecular complexity index is 1130. The Morgan fingerprint density at radius 2 is 1.71 bits per heavy atom. The largest absolute Gasteiger partial charge is 0.497 e. The highest BCUT2D eigenvalue weighted by Gasteiger charge is 2.67. The minimum absolute atomic E-state index is 0.141. The van der Waals surface area contributed by atoms with Gasteiger partial charge in [0.05, 0.1) is 45.5 Å². The fraction of sp³-hybridized carbons (Fsp3) is 0.400. The molecule has 9 nitrogen and oxygen atoms in total. The van der Waals surface area contributed by atoms with Gasteiger partial charge in [0.2, 0.25) is 11.8 Å². The number of carbonyl (C=O) groups excluding carboxylic acids is 3. The summed E-state index contributed by atoms with van der Waals surface area (Å²) in [5.74, 6) is -1.77. The molecule has 0 spiro atoms. The molecular weight excluding hydrogens is 440 g/mol. The molecule has 2 aliphatic heterocycles. The summed E-state index contributed by atoms with van der Waals surface area (Å²) < 4.78 is 21.5. The summed E-state index contributed by atoms with van der Waals surface area (Å²) in [6.07, 6.45) is 0. The van der Waals surface area contributed by atoms with E-state index in [1.165, 1.54) is 21.3 Å². The number of nitrogens with one attached hydrogen (secondary N) is 1. The van der Waals surface area contributed by atoms with E-state index >= 15 is 0 Å². The van der Waals surface area contributed by atoms with Crippen molar-refractivity contribution in [2.45, 2.75) is 25.4 Å². The highest BCUT2D eigenvalue weighted by molar-refractivity contribution is 6.24. The fourth-order valence-corrected chi connectivity index (χ4v) is 4.96. The lowest BCUT2D eigenvalue weighted by molar-refractivity contribution is -0.153. The Kier molecular flexibility index (Phi) is 6.22. The predicted molar refractivity (Wildman–Crippen MR) is 123 cm³/mol. The highest BCUT2D eigenvalue weighted by Crippen LogP contribution is 2.52. The lowest BCUT2D eigenvalue weighted by atomic mass is 9.80. The van der Waals surface area contributed by atoms with Crippen molar-refractivity contribution in [2.24, 2.45) is 11.8 Å². The first-order valence-corrected chi connectivity index (χ1v) is 11.0. The van der Waals surface area contributed by atoms with Crippen LogP contribution >= 0.6 is 0 Å². The van der Waals surface area contributed by atoms with Gasteiger partial charge in [0.1, 0.15) is 22.8 Å². The van der Waals surface area contributed by atoms with Gasteiger partial charge >= 0.3 is 5.97 Å². The van der Waals surface area contributed by atoms with Crippen LogP contribution in [0.5, 0.6) is 17.2 Å². The molecule has 1 N–H and O–H groups in total. The molecule has 2 aromatic rings. The summed E-state index contributed by atoms with van der Waals surface area (Å²) in [4.78, 5) is 41.8. The van der Waals surface area contributed by atoms with E-state index in [4.69, 9.17) is 18.9 Å². The van der Waals surface area contributed by atoms with E-state index in [2.05, 4.69) is 5.32 Å². The number of hydrogen-bond acceptors (Lipinski definition) is 8. The van der Waals surface area contributed by atoms with Crippen molar-refractivity contribution < 1.29 is 33.3 Å². The van der Waals surface area contributed by atoms with Crippen LogP contribution in [-0.4, -0.2) is 51.3 Å². The molecule has 34 heavy (non-hydrogen) atoms. The maximum atomic E-state index is 13.8. The van der Waals surface area contributed by atoms with E-state index < -0.39 is 41.2 Å². The molecule has 180 valence electrons. The predicted octanol–water partition coefficient (Wildman–Crippen LogP) is 2.48. The third-order valence-corrected chi connectivity index (χ3v) is 6.57. The van der Waals surface area contributed by atoms with Crippen molar-refractivity contribution in [1.82, 2.24) is 5.32 Å². The second kappa shape index (κ2) is 8.98. The van der Waals surface area contributed by atoms with Gasteiger partial charge in [-0.1, -0.05) is 6.07 Å². The van der Waals surface area contributed by atoms with E-state index in [-0.39, 0.29) is 6.61 Å². The Morgan fingerprint density at radius 1 is 1.00 bits per heavy atom.